The Morgan fingerprint density at radius 3 is 2.55 bits per heavy atom. The van der Waals surface area contributed by atoms with E-state index in [1.165, 1.54) is 17.7 Å². The zero-order valence-electron chi connectivity index (χ0n) is 24.8. The number of nitrogens with one attached hydrogen (secondary N) is 1. The highest BCUT2D eigenvalue weighted by Gasteiger charge is 2.52. The minimum absolute atomic E-state index is 0.00835. The molecule has 4 amide bonds. The lowest BCUT2D eigenvalue weighted by Gasteiger charge is -2.27. The maximum atomic E-state index is 13.9. The molecule has 0 bridgehead atoms. The van der Waals surface area contributed by atoms with Crippen LogP contribution in [-0.4, -0.2) is 57.4 Å². The topological polar surface area (TPSA) is 98.7 Å². The van der Waals surface area contributed by atoms with Crippen molar-refractivity contribution >= 4 is 29.2 Å². The van der Waals surface area contributed by atoms with Gasteiger partial charge < -0.3 is 15.1 Å². The number of aromatic nitrogens is 2. The minimum atomic E-state index is -1.06. The highest BCUT2D eigenvalue weighted by Crippen LogP contribution is 2.44. The van der Waals surface area contributed by atoms with Crippen LogP contribution in [-0.2, 0) is 21.5 Å². The van der Waals surface area contributed by atoms with Crippen LogP contribution in [0.5, 0.6) is 0 Å². The molecule has 2 fully saturated rings. The fourth-order valence-corrected chi connectivity index (χ4v) is 6.46. The number of urea groups is 1. The first kappa shape index (κ1) is 28.0. The molecule has 2 aromatic heterocycles. The minimum Gasteiger partial charge on any atom is -0.310 e. The number of amides is 4. The highest BCUT2D eigenvalue weighted by molar-refractivity contribution is 6.23. The van der Waals surface area contributed by atoms with E-state index >= 15 is 0 Å². The summed E-state index contributed by atoms with van der Waals surface area (Å²) in [6.45, 7) is 8.87. The standard InChI is InChI=1S/C33H38N6O3/c1-32(2)21-37(29(40)19-36-24-9-5-6-10-24)28-17-25(11-12-26(28)32)39-30(41)33(3,4)38(31(39)42)20-22-13-15-35-27(16-22)23-8-7-14-34-18-23/h7-8,11-18,24,36H,5-6,9-10,19-21H2,1-4H3. The molecule has 1 aliphatic carbocycles. The summed E-state index contributed by atoms with van der Waals surface area (Å²) in [5.74, 6) is -0.291. The van der Waals surface area contributed by atoms with Crippen molar-refractivity contribution < 1.29 is 14.4 Å². The summed E-state index contributed by atoms with van der Waals surface area (Å²) >= 11 is 0. The van der Waals surface area contributed by atoms with E-state index in [9.17, 15) is 14.4 Å². The second kappa shape index (κ2) is 10.6. The summed E-state index contributed by atoms with van der Waals surface area (Å²) in [5, 5.41) is 3.43. The van der Waals surface area contributed by atoms with Gasteiger partial charge in [0.2, 0.25) is 5.91 Å². The van der Waals surface area contributed by atoms with Crippen LogP contribution in [0.15, 0.2) is 61.1 Å². The molecule has 2 aliphatic heterocycles. The van der Waals surface area contributed by atoms with Crippen molar-refractivity contribution in [2.24, 2.45) is 0 Å². The van der Waals surface area contributed by atoms with Crippen molar-refractivity contribution in [3.05, 3.63) is 72.2 Å². The van der Waals surface area contributed by atoms with Crippen LogP contribution in [0.2, 0.25) is 0 Å². The number of benzene rings is 1. The van der Waals surface area contributed by atoms with E-state index in [1.807, 2.05) is 47.4 Å². The lowest BCUT2D eigenvalue weighted by Crippen LogP contribution is -2.43. The quantitative estimate of drug-likeness (QED) is 0.402. The van der Waals surface area contributed by atoms with Crippen molar-refractivity contribution in [1.29, 1.82) is 0 Å². The lowest BCUT2D eigenvalue weighted by atomic mass is 9.87. The molecule has 3 aliphatic rings. The molecule has 1 saturated carbocycles. The number of fused-ring (bicyclic) bond motifs is 1. The van der Waals surface area contributed by atoms with E-state index in [2.05, 4.69) is 29.1 Å². The molecular weight excluding hydrogens is 528 g/mol. The van der Waals surface area contributed by atoms with Gasteiger partial charge in [-0.15, -0.1) is 0 Å². The zero-order valence-corrected chi connectivity index (χ0v) is 24.8. The van der Waals surface area contributed by atoms with E-state index in [0.29, 0.717) is 18.3 Å². The number of carbonyl (C=O) groups is 3. The van der Waals surface area contributed by atoms with Crippen molar-refractivity contribution in [3.63, 3.8) is 0 Å². The molecule has 4 heterocycles. The third kappa shape index (κ3) is 4.96. The third-order valence-electron chi connectivity index (χ3n) is 8.96. The summed E-state index contributed by atoms with van der Waals surface area (Å²) < 4.78 is 0. The molecular formula is C33H38N6O3. The molecule has 0 unspecified atom stereocenters. The van der Waals surface area contributed by atoms with Crippen LogP contribution >= 0.6 is 0 Å². The summed E-state index contributed by atoms with van der Waals surface area (Å²) in [5.41, 5.74) is 3.47. The van der Waals surface area contributed by atoms with Gasteiger partial charge in [-0.3, -0.25) is 19.6 Å². The van der Waals surface area contributed by atoms with Crippen molar-refractivity contribution in [1.82, 2.24) is 20.2 Å². The first-order valence-corrected chi connectivity index (χ1v) is 14.8. The molecule has 218 valence electrons. The summed E-state index contributed by atoms with van der Waals surface area (Å²) in [6.07, 6.45) is 9.78. The second-order valence-electron chi connectivity index (χ2n) is 12.8. The van der Waals surface area contributed by atoms with Crippen LogP contribution < -0.4 is 15.1 Å². The van der Waals surface area contributed by atoms with Crippen LogP contribution in [0.4, 0.5) is 16.2 Å². The average Bonchev–Trinajstić information content (AvgIpc) is 3.64. The molecule has 0 spiro atoms. The van der Waals surface area contributed by atoms with E-state index < -0.39 is 5.54 Å². The number of carbonyl (C=O) groups excluding carboxylic acids is 3. The van der Waals surface area contributed by atoms with Crippen molar-refractivity contribution in [2.45, 2.75) is 76.9 Å². The van der Waals surface area contributed by atoms with Crippen molar-refractivity contribution in [2.75, 3.05) is 22.9 Å². The molecule has 42 heavy (non-hydrogen) atoms. The molecule has 9 heteroatoms. The molecule has 6 rings (SSSR count). The van der Waals surface area contributed by atoms with Gasteiger partial charge >= 0.3 is 6.03 Å². The lowest BCUT2D eigenvalue weighted by molar-refractivity contribution is -0.123. The van der Waals surface area contributed by atoms with E-state index in [0.717, 1.165) is 40.9 Å². The maximum absolute atomic E-state index is 13.9. The molecule has 1 aromatic carbocycles. The van der Waals surface area contributed by atoms with Gasteiger partial charge in [0.25, 0.3) is 5.91 Å². The van der Waals surface area contributed by atoms with Crippen LogP contribution in [0.25, 0.3) is 11.3 Å². The van der Waals surface area contributed by atoms with Gasteiger partial charge in [0.1, 0.15) is 5.54 Å². The van der Waals surface area contributed by atoms with E-state index in [1.54, 1.807) is 37.3 Å². The predicted octanol–water partition coefficient (Wildman–Crippen LogP) is 5.05. The Balaban J connectivity index is 1.26. The van der Waals surface area contributed by atoms with Gasteiger partial charge in [-0.1, -0.05) is 32.8 Å². The van der Waals surface area contributed by atoms with Gasteiger partial charge in [-0.25, -0.2) is 9.69 Å². The van der Waals surface area contributed by atoms with Crippen LogP contribution in [0.3, 0.4) is 0 Å². The number of hydrogen-bond acceptors (Lipinski definition) is 6. The monoisotopic (exact) mass is 566 g/mol. The first-order valence-electron chi connectivity index (χ1n) is 14.8. The molecule has 1 N–H and O–H groups in total. The molecule has 0 radical (unpaired) electrons. The number of pyridine rings is 2. The number of imide groups is 1. The fraction of sp³-hybridized carbons (Fsp3) is 0.424. The third-order valence-corrected chi connectivity index (χ3v) is 8.96. The summed E-state index contributed by atoms with van der Waals surface area (Å²) in [4.78, 5) is 54.4. The Morgan fingerprint density at radius 1 is 1.02 bits per heavy atom. The molecule has 1 saturated heterocycles. The largest absolute Gasteiger partial charge is 0.332 e. The normalized spacial score (nSPS) is 19.6. The number of hydrogen-bond donors (Lipinski definition) is 1. The maximum Gasteiger partial charge on any atom is 0.332 e. The van der Waals surface area contributed by atoms with Gasteiger partial charge in [-0.2, -0.15) is 0 Å². The Labute approximate surface area is 246 Å². The second-order valence-corrected chi connectivity index (χ2v) is 12.8. The summed E-state index contributed by atoms with van der Waals surface area (Å²) in [6, 6.07) is 13.2. The van der Waals surface area contributed by atoms with Gasteiger partial charge in [0.15, 0.2) is 0 Å². The van der Waals surface area contributed by atoms with Crippen LogP contribution in [0.1, 0.15) is 64.5 Å². The number of nitrogens with zero attached hydrogens (tertiary/aromatic N) is 5. The SMILES string of the molecule is CC1(C)CN(C(=O)CNC2CCCC2)c2cc(N3C(=O)N(Cc4ccnc(-c5cccnc5)c4)C(C)(C)C3=O)ccc21. The Bertz CT molecular complexity index is 1530. The van der Waals surface area contributed by atoms with E-state index in [4.69, 9.17) is 0 Å². The van der Waals surface area contributed by atoms with Crippen LogP contribution in [0, 0.1) is 0 Å². The van der Waals surface area contributed by atoms with E-state index in [-0.39, 0.29) is 36.3 Å². The van der Waals surface area contributed by atoms with Gasteiger partial charge in [-0.05, 0) is 74.2 Å². The Kier molecular flexibility index (Phi) is 7.09. The Morgan fingerprint density at radius 2 is 1.81 bits per heavy atom. The number of rotatable bonds is 7. The summed E-state index contributed by atoms with van der Waals surface area (Å²) in [7, 11) is 0. The van der Waals surface area contributed by atoms with Gasteiger partial charge in [0, 0.05) is 54.4 Å². The molecule has 0 atom stereocenters. The Hall–Kier alpha value is -4.11. The smallest absolute Gasteiger partial charge is 0.310 e. The van der Waals surface area contributed by atoms with Crippen molar-refractivity contribution in [3.8, 4) is 11.3 Å². The zero-order chi connectivity index (χ0) is 29.6. The molecule has 3 aromatic rings. The molecule has 9 nitrogen and oxygen atoms in total. The fourth-order valence-electron chi connectivity index (χ4n) is 6.46. The number of anilines is 2. The first-order chi connectivity index (χ1) is 20.1. The predicted molar refractivity (Wildman–Crippen MR) is 162 cm³/mol. The average molecular weight is 567 g/mol. The highest BCUT2D eigenvalue weighted by atomic mass is 16.2. The van der Waals surface area contributed by atoms with Gasteiger partial charge in [0.05, 0.1) is 17.9 Å².